The molecule has 1 unspecified atom stereocenters. The van der Waals surface area contributed by atoms with Gasteiger partial charge in [-0.2, -0.15) is 0 Å². The largest absolute Gasteiger partial charge is 0.481 e. The number of hydrogen-bond donors (Lipinski definition) is 3. The van der Waals surface area contributed by atoms with Crippen LogP contribution in [0.5, 0.6) is 0 Å². The molecule has 1 aliphatic carbocycles. The normalized spacial score (nSPS) is 21.7. The maximum atomic E-state index is 11.9. The summed E-state index contributed by atoms with van der Waals surface area (Å²) in [6.45, 7) is 1.30. The number of carboxylic acids is 1. The maximum Gasteiger partial charge on any atom is 0.317 e. The summed E-state index contributed by atoms with van der Waals surface area (Å²) in [4.78, 5) is 35.9. The Morgan fingerprint density at radius 2 is 1.95 bits per heavy atom. The average molecular weight is 297 g/mol. The fraction of sp³-hybridized carbons (Fsp3) is 0.786. The molecule has 3 N–H and O–H groups in total. The van der Waals surface area contributed by atoms with Crippen LogP contribution in [0.25, 0.3) is 0 Å². The Kier molecular flexibility index (Phi) is 5.41. The lowest BCUT2D eigenvalue weighted by atomic mass is 9.99. The first-order valence-corrected chi connectivity index (χ1v) is 7.61. The summed E-state index contributed by atoms with van der Waals surface area (Å²) in [5.74, 6) is -1.27. The number of rotatable bonds is 6. The molecule has 0 aromatic heterocycles. The summed E-state index contributed by atoms with van der Waals surface area (Å²) in [5, 5.41) is 14.6. The summed E-state index contributed by atoms with van der Waals surface area (Å²) in [5.41, 5.74) is 0. The molecule has 7 heteroatoms. The van der Waals surface area contributed by atoms with E-state index in [4.69, 9.17) is 5.11 Å². The van der Waals surface area contributed by atoms with Gasteiger partial charge in [-0.05, 0) is 32.1 Å². The summed E-state index contributed by atoms with van der Waals surface area (Å²) < 4.78 is 0. The number of aliphatic carboxylic acids is 1. The lowest BCUT2D eigenvalue weighted by Crippen LogP contribution is -2.47. The van der Waals surface area contributed by atoms with E-state index in [1.165, 1.54) is 0 Å². The molecular formula is C14H23N3O4. The first-order valence-electron chi connectivity index (χ1n) is 7.61. The van der Waals surface area contributed by atoms with E-state index in [2.05, 4.69) is 10.6 Å². The second-order valence-electron chi connectivity index (χ2n) is 5.80. The molecule has 21 heavy (non-hydrogen) atoms. The molecule has 2 rings (SSSR count). The number of carbonyl (C=O) groups is 3. The van der Waals surface area contributed by atoms with Gasteiger partial charge >= 0.3 is 12.0 Å². The third kappa shape index (κ3) is 5.24. The highest BCUT2D eigenvalue weighted by molar-refractivity contribution is 5.77. The molecule has 2 fully saturated rings. The van der Waals surface area contributed by atoms with Crippen molar-refractivity contribution >= 4 is 17.9 Å². The monoisotopic (exact) mass is 297 g/mol. The smallest absolute Gasteiger partial charge is 0.317 e. The van der Waals surface area contributed by atoms with Crippen LogP contribution in [0.2, 0.25) is 0 Å². The van der Waals surface area contributed by atoms with Gasteiger partial charge in [0, 0.05) is 32.1 Å². The summed E-state index contributed by atoms with van der Waals surface area (Å²) in [6.07, 6.45) is 4.49. The molecule has 0 bridgehead atoms. The van der Waals surface area contributed by atoms with E-state index in [-0.39, 0.29) is 18.5 Å². The minimum Gasteiger partial charge on any atom is -0.481 e. The molecule has 0 aromatic rings. The molecular weight excluding hydrogens is 274 g/mol. The third-order valence-electron chi connectivity index (χ3n) is 3.86. The van der Waals surface area contributed by atoms with Gasteiger partial charge in [-0.15, -0.1) is 0 Å². The standard InChI is InChI=1S/C14H23N3O4/c18-12(16-11-5-6-11)4-1-7-15-14(21)17-8-2-3-10(9-17)13(19)20/h10-11H,1-9H2,(H,15,21)(H,16,18)(H,19,20). The van der Waals surface area contributed by atoms with E-state index in [1.807, 2.05) is 0 Å². The van der Waals surface area contributed by atoms with E-state index in [0.717, 1.165) is 12.8 Å². The van der Waals surface area contributed by atoms with Crippen molar-refractivity contribution in [3.8, 4) is 0 Å². The molecule has 7 nitrogen and oxygen atoms in total. The Morgan fingerprint density at radius 3 is 2.62 bits per heavy atom. The fourth-order valence-electron chi connectivity index (χ4n) is 2.45. The van der Waals surface area contributed by atoms with Crippen LogP contribution in [0.15, 0.2) is 0 Å². The molecule has 1 heterocycles. The molecule has 2 aliphatic rings. The van der Waals surface area contributed by atoms with Crippen molar-refractivity contribution in [1.82, 2.24) is 15.5 Å². The van der Waals surface area contributed by atoms with Crippen molar-refractivity contribution in [2.24, 2.45) is 5.92 Å². The van der Waals surface area contributed by atoms with Crippen LogP contribution in [0.3, 0.4) is 0 Å². The predicted octanol–water partition coefficient (Wildman–Crippen LogP) is 0.551. The van der Waals surface area contributed by atoms with Gasteiger partial charge in [0.25, 0.3) is 0 Å². The van der Waals surface area contributed by atoms with Crippen molar-refractivity contribution in [1.29, 1.82) is 0 Å². The summed E-state index contributed by atoms with van der Waals surface area (Å²) in [6, 6.07) is 0.136. The van der Waals surface area contributed by atoms with E-state index in [0.29, 0.717) is 44.8 Å². The minimum atomic E-state index is -0.843. The van der Waals surface area contributed by atoms with Crippen molar-refractivity contribution in [2.45, 2.75) is 44.6 Å². The zero-order chi connectivity index (χ0) is 15.2. The van der Waals surface area contributed by atoms with E-state index in [9.17, 15) is 14.4 Å². The maximum absolute atomic E-state index is 11.9. The van der Waals surface area contributed by atoms with Gasteiger partial charge in [0.2, 0.25) is 5.91 Å². The zero-order valence-electron chi connectivity index (χ0n) is 12.1. The number of nitrogens with zero attached hydrogens (tertiary/aromatic N) is 1. The number of carbonyl (C=O) groups excluding carboxylic acids is 2. The number of nitrogens with one attached hydrogen (secondary N) is 2. The Morgan fingerprint density at radius 1 is 1.19 bits per heavy atom. The van der Waals surface area contributed by atoms with E-state index >= 15 is 0 Å². The summed E-state index contributed by atoms with van der Waals surface area (Å²) >= 11 is 0. The predicted molar refractivity (Wildman–Crippen MR) is 75.7 cm³/mol. The van der Waals surface area contributed by atoms with Crippen molar-refractivity contribution in [3.63, 3.8) is 0 Å². The van der Waals surface area contributed by atoms with Gasteiger partial charge < -0.3 is 20.6 Å². The highest BCUT2D eigenvalue weighted by Gasteiger charge is 2.28. The number of carboxylic acid groups (broad SMARTS) is 1. The van der Waals surface area contributed by atoms with Gasteiger partial charge in [0.05, 0.1) is 5.92 Å². The lowest BCUT2D eigenvalue weighted by molar-refractivity contribution is -0.143. The highest BCUT2D eigenvalue weighted by Crippen LogP contribution is 2.18. The molecule has 1 atom stereocenters. The number of urea groups is 1. The van der Waals surface area contributed by atoms with Gasteiger partial charge in [0.1, 0.15) is 0 Å². The summed E-state index contributed by atoms with van der Waals surface area (Å²) in [7, 11) is 0. The van der Waals surface area contributed by atoms with Crippen molar-refractivity contribution in [2.75, 3.05) is 19.6 Å². The van der Waals surface area contributed by atoms with Crippen LogP contribution in [0.4, 0.5) is 4.79 Å². The zero-order valence-corrected chi connectivity index (χ0v) is 12.1. The van der Waals surface area contributed by atoms with Crippen LogP contribution in [-0.2, 0) is 9.59 Å². The minimum absolute atomic E-state index is 0.0377. The van der Waals surface area contributed by atoms with Crippen LogP contribution in [-0.4, -0.2) is 53.6 Å². The van der Waals surface area contributed by atoms with Crippen LogP contribution in [0, 0.1) is 5.92 Å². The Labute approximate surface area is 124 Å². The number of likely N-dealkylation sites (tertiary alicyclic amines) is 1. The van der Waals surface area contributed by atoms with Gasteiger partial charge in [-0.25, -0.2) is 4.79 Å². The third-order valence-corrected chi connectivity index (χ3v) is 3.86. The van der Waals surface area contributed by atoms with E-state index < -0.39 is 11.9 Å². The molecule has 0 aromatic carbocycles. The van der Waals surface area contributed by atoms with Crippen molar-refractivity contribution < 1.29 is 19.5 Å². The molecule has 3 amide bonds. The lowest BCUT2D eigenvalue weighted by Gasteiger charge is -2.30. The SMILES string of the molecule is O=C(CCCNC(=O)N1CCCC(C(=O)O)C1)NC1CC1. The van der Waals surface area contributed by atoms with Gasteiger partial charge in [-0.3, -0.25) is 9.59 Å². The fourth-order valence-corrected chi connectivity index (χ4v) is 2.45. The van der Waals surface area contributed by atoms with Gasteiger partial charge in [0.15, 0.2) is 0 Å². The van der Waals surface area contributed by atoms with Crippen LogP contribution < -0.4 is 10.6 Å². The second-order valence-corrected chi connectivity index (χ2v) is 5.80. The number of amides is 3. The molecule has 1 saturated heterocycles. The number of hydrogen-bond acceptors (Lipinski definition) is 3. The molecule has 0 spiro atoms. The molecule has 1 saturated carbocycles. The van der Waals surface area contributed by atoms with Gasteiger partial charge in [-0.1, -0.05) is 0 Å². The molecule has 0 radical (unpaired) electrons. The Balaban J connectivity index is 1.59. The van der Waals surface area contributed by atoms with Crippen LogP contribution >= 0.6 is 0 Å². The first kappa shape index (κ1) is 15.6. The average Bonchev–Trinajstić information content (AvgIpc) is 3.27. The molecule has 1 aliphatic heterocycles. The second kappa shape index (κ2) is 7.28. The quantitative estimate of drug-likeness (QED) is 0.623. The Hall–Kier alpha value is -1.79. The van der Waals surface area contributed by atoms with E-state index in [1.54, 1.807) is 4.90 Å². The first-order chi connectivity index (χ1) is 10.1. The van der Waals surface area contributed by atoms with Crippen molar-refractivity contribution in [3.05, 3.63) is 0 Å². The Bertz CT molecular complexity index is 409. The highest BCUT2D eigenvalue weighted by atomic mass is 16.4. The topological polar surface area (TPSA) is 98.7 Å². The number of piperidine rings is 1. The molecule has 118 valence electrons. The van der Waals surface area contributed by atoms with Crippen LogP contribution in [0.1, 0.15) is 38.5 Å².